The molecule has 1 rings (SSSR count). The molecular weight excluding hydrogens is 190 g/mol. The third-order valence-electron chi connectivity index (χ3n) is 2.16. The zero-order valence-corrected chi connectivity index (χ0v) is 9.41. The lowest BCUT2D eigenvalue weighted by molar-refractivity contribution is 0.309. The largest absolute Gasteiger partial charge is 0.484 e. The summed E-state index contributed by atoms with van der Waals surface area (Å²) in [5, 5.41) is 7.25. The van der Waals surface area contributed by atoms with E-state index in [0.717, 1.165) is 5.75 Å². The predicted molar refractivity (Wildman–Crippen MR) is 60.8 cm³/mol. The second kappa shape index (κ2) is 5.39. The van der Waals surface area contributed by atoms with Crippen molar-refractivity contribution < 1.29 is 9.47 Å². The lowest BCUT2D eigenvalue weighted by Crippen LogP contribution is -2.11. The van der Waals surface area contributed by atoms with Crippen LogP contribution in [0.4, 0.5) is 0 Å². The molecule has 3 nitrogen and oxygen atoms in total. The Hall–Kier alpha value is -1.51. The summed E-state index contributed by atoms with van der Waals surface area (Å²) in [6.07, 6.45) is 0. The van der Waals surface area contributed by atoms with Gasteiger partial charge in [0.25, 0.3) is 0 Å². The van der Waals surface area contributed by atoms with Crippen LogP contribution in [0.25, 0.3) is 0 Å². The number of rotatable bonds is 4. The second-order valence-electron chi connectivity index (χ2n) is 3.64. The van der Waals surface area contributed by atoms with Crippen molar-refractivity contribution in [3.05, 3.63) is 29.8 Å². The van der Waals surface area contributed by atoms with E-state index in [-0.39, 0.29) is 12.5 Å². The van der Waals surface area contributed by atoms with Crippen LogP contribution in [0, 0.1) is 5.41 Å². The van der Waals surface area contributed by atoms with Crippen LogP contribution in [0.2, 0.25) is 0 Å². The minimum absolute atomic E-state index is 0.128. The van der Waals surface area contributed by atoms with E-state index in [0.29, 0.717) is 5.92 Å². The van der Waals surface area contributed by atoms with Crippen LogP contribution in [0.1, 0.15) is 25.3 Å². The highest BCUT2D eigenvalue weighted by Gasteiger charge is 2.00. The number of methoxy groups -OCH3 is 1. The van der Waals surface area contributed by atoms with Gasteiger partial charge < -0.3 is 9.47 Å². The maximum absolute atomic E-state index is 7.25. The summed E-state index contributed by atoms with van der Waals surface area (Å²) in [5.74, 6) is 1.42. The zero-order chi connectivity index (χ0) is 11.3. The van der Waals surface area contributed by atoms with Crippen molar-refractivity contribution >= 4 is 5.90 Å². The van der Waals surface area contributed by atoms with Gasteiger partial charge in [-0.3, -0.25) is 5.41 Å². The first-order chi connectivity index (χ1) is 7.13. The van der Waals surface area contributed by atoms with Gasteiger partial charge in [0.1, 0.15) is 5.75 Å². The van der Waals surface area contributed by atoms with E-state index in [2.05, 4.69) is 13.8 Å². The van der Waals surface area contributed by atoms with Gasteiger partial charge in [0.15, 0.2) is 6.61 Å². The molecule has 0 aliphatic rings. The van der Waals surface area contributed by atoms with Crippen LogP contribution < -0.4 is 4.74 Å². The van der Waals surface area contributed by atoms with Gasteiger partial charge >= 0.3 is 0 Å². The fourth-order valence-corrected chi connectivity index (χ4v) is 1.16. The molecule has 0 radical (unpaired) electrons. The molecule has 0 spiro atoms. The Labute approximate surface area is 90.5 Å². The Kier molecular flexibility index (Phi) is 4.16. The third-order valence-corrected chi connectivity index (χ3v) is 2.16. The first-order valence-corrected chi connectivity index (χ1v) is 4.97. The molecule has 0 atom stereocenters. The molecule has 3 heteroatoms. The van der Waals surface area contributed by atoms with E-state index in [1.807, 2.05) is 24.3 Å². The molecule has 1 aromatic rings. The standard InChI is InChI=1S/C12H17NO2/c1-9(2)10-4-6-11(7-5-10)15-8-12(13)14-3/h4-7,9,13H,8H2,1-3H3. The predicted octanol–water partition coefficient (Wildman–Crippen LogP) is 2.81. The lowest BCUT2D eigenvalue weighted by Gasteiger charge is -2.08. The number of nitrogens with one attached hydrogen (secondary N) is 1. The highest BCUT2D eigenvalue weighted by atomic mass is 16.5. The van der Waals surface area contributed by atoms with Crippen LogP contribution in [-0.2, 0) is 4.74 Å². The smallest absolute Gasteiger partial charge is 0.219 e. The van der Waals surface area contributed by atoms with E-state index >= 15 is 0 Å². The molecule has 0 fully saturated rings. The van der Waals surface area contributed by atoms with Crippen molar-refractivity contribution in [2.24, 2.45) is 0 Å². The quantitative estimate of drug-likeness (QED) is 0.609. The molecule has 0 aliphatic carbocycles. The third kappa shape index (κ3) is 3.62. The molecule has 0 saturated carbocycles. The fraction of sp³-hybridized carbons (Fsp3) is 0.417. The maximum Gasteiger partial charge on any atom is 0.219 e. The highest BCUT2D eigenvalue weighted by molar-refractivity contribution is 5.73. The summed E-state index contributed by atoms with van der Waals surface area (Å²) < 4.78 is 10.0. The molecule has 1 aromatic carbocycles. The van der Waals surface area contributed by atoms with E-state index in [1.165, 1.54) is 12.7 Å². The first kappa shape index (κ1) is 11.6. The van der Waals surface area contributed by atoms with Crippen molar-refractivity contribution in [3.63, 3.8) is 0 Å². The summed E-state index contributed by atoms with van der Waals surface area (Å²) in [5.41, 5.74) is 1.28. The molecule has 1 N–H and O–H groups in total. The minimum atomic E-state index is 0.128. The minimum Gasteiger partial charge on any atom is -0.484 e. The summed E-state index contributed by atoms with van der Waals surface area (Å²) >= 11 is 0. The Morgan fingerprint density at radius 3 is 2.33 bits per heavy atom. The maximum atomic E-state index is 7.25. The van der Waals surface area contributed by atoms with Gasteiger partial charge in [-0.2, -0.15) is 0 Å². The molecule has 0 amide bonds. The normalized spacial score (nSPS) is 10.1. The topological polar surface area (TPSA) is 42.3 Å². The van der Waals surface area contributed by atoms with Crippen LogP contribution in [0.3, 0.4) is 0 Å². The van der Waals surface area contributed by atoms with E-state index in [9.17, 15) is 0 Å². The average molecular weight is 207 g/mol. The van der Waals surface area contributed by atoms with Crippen LogP contribution >= 0.6 is 0 Å². The van der Waals surface area contributed by atoms with E-state index < -0.39 is 0 Å². The first-order valence-electron chi connectivity index (χ1n) is 4.97. The van der Waals surface area contributed by atoms with Crippen molar-refractivity contribution in [2.75, 3.05) is 13.7 Å². The molecule has 0 bridgehead atoms. The molecule has 0 saturated heterocycles. The molecular formula is C12H17NO2. The number of benzene rings is 1. The van der Waals surface area contributed by atoms with Crippen LogP contribution in [-0.4, -0.2) is 19.6 Å². The van der Waals surface area contributed by atoms with Gasteiger partial charge in [-0.05, 0) is 23.6 Å². The average Bonchev–Trinajstić information content (AvgIpc) is 2.26. The van der Waals surface area contributed by atoms with Gasteiger partial charge in [-0.1, -0.05) is 26.0 Å². The van der Waals surface area contributed by atoms with Gasteiger partial charge in [-0.15, -0.1) is 0 Å². The van der Waals surface area contributed by atoms with E-state index in [4.69, 9.17) is 14.9 Å². The fourth-order valence-electron chi connectivity index (χ4n) is 1.16. The zero-order valence-electron chi connectivity index (χ0n) is 9.41. The monoisotopic (exact) mass is 207 g/mol. The Morgan fingerprint density at radius 2 is 1.87 bits per heavy atom. The summed E-state index contributed by atoms with van der Waals surface area (Å²) in [7, 11) is 1.47. The SMILES string of the molecule is COC(=N)COc1ccc(C(C)C)cc1. The van der Waals surface area contributed by atoms with Crippen molar-refractivity contribution in [1.29, 1.82) is 5.41 Å². The highest BCUT2D eigenvalue weighted by Crippen LogP contribution is 2.18. The van der Waals surface area contributed by atoms with Crippen LogP contribution in [0.15, 0.2) is 24.3 Å². The molecule has 0 unspecified atom stereocenters. The van der Waals surface area contributed by atoms with Crippen molar-refractivity contribution in [3.8, 4) is 5.75 Å². The molecule has 82 valence electrons. The van der Waals surface area contributed by atoms with Gasteiger partial charge in [0.05, 0.1) is 7.11 Å². The molecule has 0 aromatic heterocycles. The van der Waals surface area contributed by atoms with Crippen molar-refractivity contribution in [1.82, 2.24) is 0 Å². The Balaban J connectivity index is 2.53. The molecule has 0 heterocycles. The van der Waals surface area contributed by atoms with Gasteiger partial charge in [0, 0.05) is 0 Å². The van der Waals surface area contributed by atoms with E-state index in [1.54, 1.807) is 0 Å². The number of ether oxygens (including phenoxy) is 2. The summed E-state index contributed by atoms with van der Waals surface area (Å²) in [6.45, 7) is 4.48. The Morgan fingerprint density at radius 1 is 1.27 bits per heavy atom. The lowest BCUT2D eigenvalue weighted by atomic mass is 10.0. The number of hydrogen-bond acceptors (Lipinski definition) is 3. The molecule has 15 heavy (non-hydrogen) atoms. The number of hydrogen-bond donors (Lipinski definition) is 1. The summed E-state index contributed by atoms with van der Waals surface area (Å²) in [4.78, 5) is 0. The summed E-state index contributed by atoms with van der Waals surface area (Å²) in [6, 6.07) is 7.91. The second-order valence-corrected chi connectivity index (χ2v) is 3.64. The molecule has 0 aliphatic heterocycles. The van der Waals surface area contributed by atoms with Gasteiger partial charge in [0.2, 0.25) is 5.90 Å². The van der Waals surface area contributed by atoms with Crippen LogP contribution in [0.5, 0.6) is 5.75 Å². The van der Waals surface area contributed by atoms with Gasteiger partial charge in [-0.25, -0.2) is 0 Å². The Bertz CT molecular complexity index is 317. The van der Waals surface area contributed by atoms with Crippen molar-refractivity contribution in [2.45, 2.75) is 19.8 Å².